The molecule has 3 saturated heterocycles. The van der Waals surface area contributed by atoms with Gasteiger partial charge in [0.15, 0.2) is 5.82 Å². The van der Waals surface area contributed by atoms with E-state index in [1.807, 2.05) is 0 Å². The number of rotatable bonds is 4. The number of carbonyl (C=O) groups is 1. The minimum atomic E-state index is -0.950. The summed E-state index contributed by atoms with van der Waals surface area (Å²) in [6.45, 7) is 0.904. The minimum Gasteiger partial charge on any atom is -0.461 e. The van der Waals surface area contributed by atoms with E-state index in [1.54, 1.807) is 17.2 Å². The van der Waals surface area contributed by atoms with E-state index in [0.717, 1.165) is 19.4 Å². The van der Waals surface area contributed by atoms with Crippen molar-refractivity contribution >= 4 is 45.3 Å². The molecular formula is C32H32ClF3N8O3. The fourth-order valence-corrected chi connectivity index (χ4v) is 8.77. The molecule has 11 nitrogen and oxygen atoms in total. The Hall–Kier alpha value is -3.91. The molecule has 6 bridgehead atoms. The summed E-state index contributed by atoms with van der Waals surface area (Å²) in [5.74, 6) is -0.590. The number of ether oxygens (including phenoxy) is 2. The van der Waals surface area contributed by atoms with Gasteiger partial charge in [-0.2, -0.15) is 15.1 Å². The first-order valence-corrected chi connectivity index (χ1v) is 16.5. The average Bonchev–Trinajstić information content (AvgIpc) is 3.38. The molecule has 0 spiro atoms. The SMILES string of the molecule is O=C1N[C@@H]2C[C@@H](CF)N(C2)c2nc(OC[C@@]34CCCN3C[C@H](F)C4)nc3c(F)c(ncc23)-c2c(c(Cl)cc3[nH]ncc23)[C@H]2C[C@H]2CO1. The molecule has 10 rings (SSSR count). The molecule has 1 saturated carbocycles. The number of H-pyrrole nitrogens is 1. The van der Waals surface area contributed by atoms with Crippen molar-refractivity contribution in [3.05, 3.63) is 34.9 Å². The zero-order valence-corrected chi connectivity index (χ0v) is 26.1. The first-order chi connectivity index (χ1) is 22.8. The molecule has 0 radical (unpaired) electrons. The van der Waals surface area contributed by atoms with Crippen molar-refractivity contribution in [2.75, 3.05) is 44.4 Å². The highest BCUT2D eigenvalue weighted by Gasteiger charge is 2.50. The summed E-state index contributed by atoms with van der Waals surface area (Å²) >= 11 is 6.86. The lowest BCUT2D eigenvalue weighted by Crippen LogP contribution is -2.43. The fraction of sp³-hybridized carbons (Fsp3) is 0.531. The van der Waals surface area contributed by atoms with Crippen molar-refractivity contribution in [2.45, 2.75) is 61.8 Å². The number of pyridine rings is 1. The third-order valence-electron chi connectivity index (χ3n) is 10.8. The second kappa shape index (κ2) is 10.8. The predicted molar refractivity (Wildman–Crippen MR) is 167 cm³/mol. The number of alkyl carbamates (subject to hydrolysis) is 1. The number of carbonyl (C=O) groups excluding carboxylic acids is 1. The Labute approximate surface area is 272 Å². The molecule has 0 unspecified atom stereocenters. The molecule has 4 aromatic rings. The summed E-state index contributed by atoms with van der Waals surface area (Å²) in [6, 6.07) is 0.568. The number of alkyl halides is 2. The Bertz CT molecular complexity index is 1930. The van der Waals surface area contributed by atoms with E-state index < -0.39 is 42.4 Å². The Balaban J connectivity index is 1.23. The van der Waals surface area contributed by atoms with Crippen molar-refractivity contribution in [1.29, 1.82) is 0 Å². The van der Waals surface area contributed by atoms with E-state index in [4.69, 9.17) is 26.1 Å². The second-order valence-electron chi connectivity index (χ2n) is 13.6. The van der Waals surface area contributed by atoms with Gasteiger partial charge in [0.05, 0.1) is 41.3 Å². The van der Waals surface area contributed by atoms with Gasteiger partial charge in [-0.3, -0.25) is 15.0 Å². The average molecular weight is 669 g/mol. The van der Waals surface area contributed by atoms with Crippen molar-refractivity contribution in [1.82, 2.24) is 35.4 Å². The van der Waals surface area contributed by atoms with Crippen LogP contribution >= 0.6 is 11.6 Å². The molecule has 5 aliphatic heterocycles. The van der Waals surface area contributed by atoms with E-state index in [0.29, 0.717) is 52.9 Å². The monoisotopic (exact) mass is 668 g/mol. The molecule has 246 valence electrons. The maximum atomic E-state index is 17.1. The summed E-state index contributed by atoms with van der Waals surface area (Å²) in [5, 5.41) is 11.3. The van der Waals surface area contributed by atoms with Crippen LogP contribution in [-0.2, 0) is 4.74 Å². The fourth-order valence-electron chi connectivity index (χ4n) is 8.42. The van der Waals surface area contributed by atoms with Crippen LogP contribution in [0.3, 0.4) is 0 Å². The van der Waals surface area contributed by atoms with Gasteiger partial charge in [0, 0.05) is 47.6 Å². The number of hydrogen-bond acceptors (Lipinski definition) is 9. The first kappa shape index (κ1) is 29.2. The van der Waals surface area contributed by atoms with Crippen molar-refractivity contribution in [3.8, 4) is 17.3 Å². The minimum absolute atomic E-state index is 0.0283. The molecule has 6 atom stereocenters. The van der Waals surface area contributed by atoms with Gasteiger partial charge in [0.25, 0.3) is 0 Å². The number of nitrogens with zero attached hydrogens (tertiary/aromatic N) is 6. The second-order valence-corrected chi connectivity index (χ2v) is 14.0. The molecule has 2 N–H and O–H groups in total. The quantitative estimate of drug-likeness (QED) is 0.307. The van der Waals surface area contributed by atoms with Gasteiger partial charge in [-0.25, -0.2) is 18.0 Å². The summed E-state index contributed by atoms with van der Waals surface area (Å²) in [7, 11) is 0. The largest absolute Gasteiger partial charge is 0.461 e. The summed E-state index contributed by atoms with van der Waals surface area (Å²) < 4.78 is 58.0. The highest BCUT2D eigenvalue weighted by Crippen LogP contribution is 2.54. The van der Waals surface area contributed by atoms with Crippen molar-refractivity contribution in [2.24, 2.45) is 5.92 Å². The van der Waals surface area contributed by atoms with Gasteiger partial charge in [0.1, 0.15) is 36.5 Å². The van der Waals surface area contributed by atoms with Crippen LogP contribution in [-0.4, -0.2) is 99.5 Å². The Kier molecular flexibility index (Phi) is 6.72. The number of benzene rings is 1. The summed E-state index contributed by atoms with van der Waals surface area (Å²) in [4.78, 5) is 30.6. The number of anilines is 1. The van der Waals surface area contributed by atoms with Crippen LogP contribution in [0.1, 0.15) is 43.6 Å². The van der Waals surface area contributed by atoms with Crippen molar-refractivity contribution < 1.29 is 27.4 Å². The van der Waals surface area contributed by atoms with Gasteiger partial charge in [-0.05, 0) is 49.8 Å². The van der Waals surface area contributed by atoms with E-state index in [-0.39, 0.29) is 60.0 Å². The number of halogens is 4. The van der Waals surface area contributed by atoms with Crippen LogP contribution in [0, 0.1) is 11.7 Å². The van der Waals surface area contributed by atoms with Crippen LogP contribution in [0.5, 0.6) is 6.01 Å². The van der Waals surface area contributed by atoms with Crippen LogP contribution < -0.4 is 15.0 Å². The lowest BCUT2D eigenvalue weighted by Gasteiger charge is -2.31. The standard InChI is InChI=1S/C32H32ClF3N8O3/c33-22-6-23-20(10-38-42-23)25-24(22)19-4-15(19)13-46-31(45)39-17-5-18(8-34)44(12-17)29-21-9-37-28(25)26(36)27(21)40-30(41-29)47-14-32-2-1-3-43(32)11-16(35)7-32/h6,9-10,15-19H,1-5,7-8,11-14H2,(H,38,42)(H,39,45)/t15-,16+,17+,18-,19-,32-/m0/s1. The number of aromatic amines is 1. The van der Waals surface area contributed by atoms with Gasteiger partial charge < -0.3 is 19.7 Å². The molecular weight excluding hydrogens is 637 g/mol. The molecule has 6 aliphatic rings. The molecule has 1 amide bonds. The molecule has 47 heavy (non-hydrogen) atoms. The van der Waals surface area contributed by atoms with E-state index in [1.165, 1.54) is 6.20 Å². The van der Waals surface area contributed by atoms with Crippen LogP contribution in [0.2, 0.25) is 5.02 Å². The molecule has 3 aromatic heterocycles. The van der Waals surface area contributed by atoms with Crippen molar-refractivity contribution in [3.63, 3.8) is 0 Å². The zero-order valence-electron chi connectivity index (χ0n) is 25.3. The Morgan fingerprint density at radius 1 is 1.19 bits per heavy atom. The number of fused-ring (bicyclic) bond motifs is 6. The number of hydrogen-bond donors (Lipinski definition) is 2. The number of aromatic nitrogens is 5. The topological polar surface area (TPSA) is 121 Å². The molecule has 15 heteroatoms. The third kappa shape index (κ3) is 4.69. The summed E-state index contributed by atoms with van der Waals surface area (Å²) in [5.41, 5.74) is 1.30. The Morgan fingerprint density at radius 3 is 2.96 bits per heavy atom. The molecule has 8 heterocycles. The van der Waals surface area contributed by atoms with Crippen LogP contribution in [0.4, 0.5) is 23.8 Å². The maximum Gasteiger partial charge on any atom is 0.407 e. The molecule has 4 fully saturated rings. The predicted octanol–water partition coefficient (Wildman–Crippen LogP) is 5.08. The first-order valence-electron chi connectivity index (χ1n) is 16.1. The van der Waals surface area contributed by atoms with E-state index >= 15 is 4.39 Å². The maximum absolute atomic E-state index is 17.1. The summed E-state index contributed by atoms with van der Waals surface area (Å²) in [6.07, 6.45) is 4.61. The Morgan fingerprint density at radius 2 is 2.09 bits per heavy atom. The van der Waals surface area contributed by atoms with Crippen LogP contribution in [0.25, 0.3) is 33.1 Å². The highest BCUT2D eigenvalue weighted by molar-refractivity contribution is 6.33. The van der Waals surface area contributed by atoms with Gasteiger partial charge in [0.2, 0.25) is 0 Å². The van der Waals surface area contributed by atoms with Gasteiger partial charge >= 0.3 is 12.1 Å². The highest BCUT2D eigenvalue weighted by atomic mass is 35.5. The lowest BCUT2D eigenvalue weighted by molar-refractivity contribution is 0.107. The lowest BCUT2D eigenvalue weighted by atomic mass is 9.94. The van der Waals surface area contributed by atoms with Gasteiger partial charge in [-0.15, -0.1) is 0 Å². The third-order valence-corrected chi connectivity index (χ3v) is 11.1. The van der Waals surface area contributed by atoms with E-state index in [2.05, 4.69) is 30.4 Å². The van der Waals surface area contributed by atoms with Gasteiger partial charge in [-0.1, -0.05) is 11.6 Å². The molecule has 1 aromatic carbocycles. The number of amides is 1. The van der Waals surface area contributed by atoms with E-state index in [9.17, 15) is 13.6 Å². The number of nitrogens with one attached hydrogen (secondary N) is 2. The molecule has 1 aliphatic carbocycles. The normalized spacial score (nSPS) is 30.1. The smallest absolute Gasteiger partial charge is 0.407 e. The van der Waals surface area contributed by atoms with Crippen LogP contribution in [0.15, 0.2) is 18.5 Å². The zero-order chi connectivity index (χ0) is 32.0.